The maximum atomic E-state index is 13.3. The first kappa shape index (κ1) is 22.0. The van der Waals surface area contributed by atoms with Crippen molar-refractivity contribution in [2.75, 3.05) is 21.3 Å². The number of rotatable bonds is 8. The second kappa shape index (κ2) is 9.91. The quantitative estimate of drug-likeness (QED) is 0.434. The minimum Gasteiger partial charge on any atom is -0.497 e. The van der Waals surface area contributed by atoms with Crippen molar-refractivity contribution in [3.63, 3.8) is 0 Å². The summed E-state index contributed by atoms with van der Waals surface area (Å²) in [6.07, 6.45) is 1.74. The summed E-state index contributed by atoms with van der Waals surface area (Å²) in [6, 6.07) is 22.7. The summed E-state index contributed by atoms with van der Waals surface area (Å²) in [4.78, 5) is 13.3. The average molecular weight is 444 g/mol. The van der Waals surface area contributed by atoms with Gasteiger partial charge in [-0.2, -0.15) is 5.10 Å². The molecule has 0 bridgehead atoms. The van der Waals surface area contributed by atoms with Gasteiger partial charge in [0.2, 0.25) is 0 Å². The molecule has 1 amide bonds. The van der Waals surface area contributed by atoms with Crippen LogP contribution in [0.15, 0.2) is 79.0 Å². The van der Waals surface area contributed by atoms with Crippen LogP contribution in [0.2, 0.25) is 0 Å². The first-order valence-electron chi connectivity index (χ1n) is 10.4. The molecule has 1 aromatic heterocycles. The van der Waals surface area contributed by atoms with Gasteiger partial charge in [0.25, 0.3) is 5.91 Å². The molecule has 168 valence electrons. The van der Waals surface area contributed by atoms with Gasteiger partial charge in [-0.15, -0.1) is 0 Å². The van der Waals surface area contributed by atoms with E-state index in [4.69, 9.17) is 19.3 Å². The Hall–Kier alpha value is -4.26. The van der Waals surface area contributed by atoms with E-state index in [1.165, 1.54) is 0 Å². The predicted octanol–water partition coefficient (Wildman–Crippen LogP) is 4.50. The van der Waals surface area contributed by atoms with Gasteiger partial charge >= 0.3 is 0 Å². The number of carbonyl (C=O) groups is 1. The molecule has 0 unspecified atom stereocenters. The van der Waals surface area contributed by atoms with Crippen LogP contribution in [0.5, 0.6) is 17.2 Å². The average Bonchev–Trinajstić information content (AvgIpc) is 3.33. The van der Waals surface area contributed by atoms with E-state index in [2.05, 4.69) is 5.32 Å². The highest BCUT2D eigenvalue weighted by Gasteiger charge is 2.19. The van der Waals surface area contributed by atoms with Crippen LogP contribution in [0.25, 0.3) is 16.9 Å². The van der Waals surface area contributed by atoms with E-state index < -0.39 is 0 Å². The summed E-state index contributed by atoms with van der Waals surface area (Å²) >= 11 is 0. The molecule has 3 aromatic carbocycles. The first-order valence-corrected chi connectivity index (χ1v) is 10.4. The molecule has 0 radical (unpaired) electrons. The second-order valence-corrected chi connectivity index (χ2v) is 7.31. The third-order valence-electron chi connectivity index (χ3n) is 5.19. The minimum absolute atomic E-state index is 0.239. The number of hydrogen-bond acceptors (Lipinski definition) is 5. The van der Waals surface area contributed by atoms with Crippen molar-refractivity contribution >= 4 is 5.91 Å². The largest absolute Gasteiger partial charge is 0.497 e. The third-order valence-corrected chi connectivity index (χ3v) is 5.19. The summed E-state index contributed by atoms with van der Waals surface area (Å²) in [5.74, 6) is 1.77. The summed E-state index contributed by atoms with van der Waals surface area (Å²) in [5.41, 5.74) is 3.54. The van der Waals surface area contributed by atoms with Crippen molar-refractivity contribution in [3.8, 4) is 34.2 Å². The van der Waals surface area contributed by atoms with Crippen LogP contribution in [-0.4, -0.2) is 37.0 Å². The van der Waals surface area contributed by atoms with Crippen LogP contribution in [0, 0.1) is 0 Å². The van der Waals surface area contributed by atoms with Gasteiger partial charge in [-0.05, 0) is 42.0 Å². The second-order valence-electron chi connectivity index (χ2n) is 7.31. The van der Waals surface area contributed by atoms with Crippen LogP contribution >= 0.6 is 0 Å². The molecular formula is C26H25N3O4. The number of para-hydroxylation sites is 1. The number of nitrogens with one attached hydrogen (secondary N) is 1. The summed E-state index contributed by atoms with van der Waals surface area (Å²) in [6.45, 7) is 0.306. The number of ether oxygens (including phenoxy) is 3. The molecule has 0 saturated carbocycles. The number of hydrogen-bond donors (Lipinski definition) is 1. The number of aromatic nitrogens is 2. The Bertz CT molecular complexity index is 1230. The Morgan fingerprint density at radius 3 is 2.21 bits per heavy atom. The lowest BCUT2D eigenvalue weighted by Crippen LogP contribution is -2.23. The lowest BCUT2D eigenvalue weighted by Gasteiger charge is -2.10. The Morgan fingerprint density at radius 1 is 0.848 bits per heavy atom. The van der Waals surface area contributed by atoms with Crippen LogP contribution in [0.3, 0.4) is 0 Å². The van der Waals surface area contributed by atoms with E-state index in [0.29, 0.717) is 35.1 Å². The summed E-state index contributed by atoms with van der Waals surface area (Å²) < 4.78 is 17.7. The zero-order valence-corrected chi connectivity index (χ0v) is 18.7. The maximum Gasteiger partial charge on any atom is 0.255 e. The van der Waals surface area contributed by atoms with Gasteiger partial charge in [-0.25, -0.2) is 4.68 Å². The molecule has 33 heavy (non-hydrogen) atoms. The van der Waals surface area contributed by atoms with Crippen LogP contribution in [0.1, 0.15) is 15.9 Å². The van der Waals surface area contributed by atoms with E-state index in [0.717, 1.165) is 16.8 Å². The highest BCUT2D eigenvalue weighted by Crippen LogP contribution is 2.27. The van der Waals surface area contributed by atoms with Crippen molar-refractivity contribution < 1.29 is 19.0 Å². The van der Waals surface area contributed by atoms with Crippen molar-refractivity contribution in [1.29, 1.82) is 0 Å². The smallest absolute Gasteiger partial charge is 0.255 e. The topological polar surface area (TPSA) is 74.6 Å². The van der Waals surface area contributed by atoms with E-state index in [1.807, 2.05) is 66.7 Å². The van der Waals surface area contributed by atoms with Crippen molar-refractivity contribution in [3.05, 3.63) is 90.1 Å². The molecule has 0 fully saturated rings. The highest BCUT2D eigenvalue weighted by molar-refractivity contribution is 6.00. The van der Waals surface area contributed by atoms with Gasteiger partial charge in [0.1, 0.15) is 22.9 Å². The Labute approximate surface area is 192 Å². The van der Waals surface area contributed by atoms with Gasteiger partial charge in [0.15, 0.2) is 0 Å². The van der Waals surface area contributed by atoms with E-state index in [1.54, 1.807) is 38.3 Å². The highest BCUT2D eigenvalue weighted by atomic mass is 16.5. The third kappa shape index (κ3) is 4.98. The zero-order chi connectivity index (χ0) is 23.2. The van der Waals surface area contributed by atoms with Gasteiger partial charge in [-0.3, -0.25) is 4.79 Å². The van der Waals surface area contributed by atoms with Crippen molar-refractivity contribution in [2.45, 2.75) is 6.54 Å². The monoisotopic (exact) mass is 443 g/mol. The molecule has 0 aliphatic carbocycles. The van der Waals surface area contributed by atoms with Gasteiger partial charge in [0, 0.05) is 24.4 Å². The molecule has 7 heteroatoms. The number of nitrogens with zero attached hydrogens (tertiary/aromatic N) is 2. The lowest BCUT2D eigenvalue weighted by atomic mass is 10.1. The molecule has 4 aromatic rings. The lowest BCUT2D eigenvalue weighted by molar-refractivity contribution is 0.0951. The normalized spacial score (nSPS) is 10.5. The molecule has 0 aliphatic heterocycles. The predicted molar refractivity (Wildman–Crippen MR) is 126 cm³/mol. The fourth-order valence-corrected chi connectivity index (χ4v) is 3.48. The fraction of sp³-hybridized carbons (Fsp3) is 0.154. The van der Waals surface area contributed by atoms with Crippen LogP contribution in [0.4, 0.5) is 0 Å². The number of methoxy groups -OCH3 is 3. The molecule has 0 saturated heterocycles. The number of carbonyl (C=O) groups excluding carboxylic acids is 1. The first-order chi connectivity index (χ1) is 16.1. The van der Waals surface area contributed by atoms with Crippen molar-refractivity contribution in [2.24, 2.45) is 0 Å². The fourth-order valence-electron chi connectivity index (χ4n) is 3.48. The Morgan fingerprint density at radius 2 is 1.55 bits per heavy atom. The standard InChI is InChI=1S/C26H25N3O4/c1-31-21-11-7-8-19(14-21)25-24(17-29(28-25)20-9-5-4-6-10-20)26(30)27-16-18-12-22(32-2)15-23(13-18)33-3/h4-15,17H,16H2,1-3H3,(H,27,30). The van der Waals surface area contributed by atoms with Gasteiger partial charge < -0.3 is 19.5 Å². The summed E-state index contributed by atoms with van der Waals surface area (Å²) in [7, 11) is 4.79. The Kier molecular flexibility index (Phi) is 6.59. The number of amides is 1. The molecule has 0 atom stereocenters. The minimum atomic E-state index is -0.239. The van der Waals surface area contributed by atoms with Crippen LogP contribution < -0.4 is 19.5 Å². The zero-order valence-electron chi connectivity index (χ0n) is 18.7. The van der Waals surface area contributed by atoms with Gasteiger partial charge in [0.05, 0.1) is 32.6 Å². The summed E-state index contributed by atoms with van der Waals surface area (Å²) in [5, 5.41) is 7.70. The molecule has 0 spiro atoms. The molecular weight excluding hydrogens is 418 g/mol. The van der Waals surface area contributed by atoms with E-state index in [-0.39, 0.29) is 5.91 Å². The molecule has 7 nitrogen and oxygen atoms in total. The van der Waals surface area contributed by atoms with E-state index in [9.17, 15) is 4.79 Å². The molecule has 1 N–H and O–H groups in total. The number of benzene rings is 3. The maximum absolute atomic E-state index is 13.3. The van der Waals surface area contributed by atoms with Gasteiger partial charge in [-0.1, -0.05) is 30.3 Å². The van der Waals surface area contributed by atoms with E-state index >= 15 is 0 Å². The Balaban J connectivity index is 1.67. The van der Waals surface area contributed by atoms with Crippen LogP contribution in [-0.2, 0) is 6.54 Å². The molecule has 4 rings (SSSR count). The molecule has 1 heterocycles. The SMILES string of the molecule is COc1cc(CNC(=O)c2cn(-c3ccccc3)nc2-c2cccc(OC)c2)cc(OC)c1. The molecule has 0 aliphatic rings. The van der Waals surface area contributed by atoms with Crippen molar-refractivity contribution in [1.82, 2.24) is 15.1 Å².